The zero-order valence-electron chi connectivity index (χ0n) is 9.85. The summed E-state index contributed by atoms with van der Waals surface area (Å²) in [5.41, 5.74) is 2.55. The molecule has 1 atom stereocenters. The van der Waals surface area contributed by atoms with Gasteiger partial charge in [-0.2, -0.15) is 0 Å². The van der Waals surface area contributed by atoms with Gasteiger partial charge in [-0.1, -0.05) is 17.7 Å². The molecule has 0 amide bonds. The number of ether oxygens (including phenoxy) is 1. The first kappa shape index (κ1) is 11.7. The van der Waals surface area contributed by atoms with Crippen LogP contribution in [0.3, 0.4) is 0 Å². The molecule has 0 aliphatic carbocycles. The normalized spacial score (nSPS) is 20.8. The Balaban J connectivity index is 2.40. The molecular formula is C13H18ClNO. The summed E-state index contributed by atoms with van der Waals surface area (Å²) in [6, 6.07) is 3.99. The van der Waals surface area contributed by atoms with Crippen LogP contribution in [0.4, 0.5) is 0 Å². The summed E-state index contributed by atoms with van der Waals surface area (Å²) in [4.78, 5) is 0. The van der Waals surface area contributed by atoms with E-state index >= 15 is 0 Å². The molecule has 3 heteroatoms. The van der Waals surface area contributed by atoms with E-state index in [-0.39, 0.29) is 0 Å². The fourth-order valence-electron chi connectivity index (χ4n) is 2.48. The highest BCUT2D eigenvalue weighted by Crippen LogP contribution is 2.38. The van der Waals surface area contributed by atoms with Gasteiger partial charge in [0.2, 0.25) is 0 Å². The van der Waals surface area contributed by atoms with Gasteiger partial charge in [-0.15, -0.1) is 0 Å². The quantitative estimate of drug-likeness (QED) is 0.856. The number of nitrogens with one attached hydrogen (secondary N) is 1. The molecule has 0 bridgehead atoms. The molecule has 88 valence electrons. The van der Waals surface area contributed by atoms with E-state index in [0.717, 1.165) is 18.8 Å². The Labute approximate surface area is 102 Å². The lowest BCUT2D eigenvalue weighted by atomic mass is 9.88. The van der Waals surface area contributed by atoms with Crippen molar-refractivity contribution >= 4 is 11.6 Å². The summed E-state index contributed by atoms with van der Waals surface area (Å²) >= 11 is 6.18. The highest BCUT2D eigenvalue weighted by molar-refractivity contribution is 6.32. The summed E-state index contributed by atoms with van der Waals surface area (Å²) in [6.07, 6.45) is 2.43. The van der Waals surface area contributed by atoms with Crippen LogP contribution in [-0.2, 0) is 0 Å². The van der Waals surface area contributed by atoms with Crippen molar-refractivity contribution in [3.05, 3.63) is 28.3 Å². The Morgan fingerprint density at radius 1 is 1.44 bits per heavy atom. The summed E-state index contributed by atoms with van der Waals surface area (Å²) in [6.45, 7) is 4.28. The Bertz CT molecular complexity index is 372. The number of rotatable bonds is 2. The van der Waals surface area contributed by atoms with E-state index in [0.29, 0.717) is 10.9 Å². The molecule has 2 rings (SSSR count). The molecule has 1 fully saturated rings. The third-order valence-electron chi connectivity index (χ3n) is 3.28. The van der Waals surface area contributed by atoms with Gasteiger partial charge in [-0.25, -0.2) is 0 Å². The van der Waals surface area contributed by atoms with Gasteiger partial charge in [-0.3, -0.25) is 0 Å². The van der Waals surface area contributed by atoms with Crippen LogP contribution in [0.5, 0.6) is 5.75 Å². The molecule has 1 aromatic carbocycles. The molecule has 1 saturated heterocycles. The molecule has 1 N–H and O–H groups in total. The van der Waals surface area contributed by atoms with Gasteiger partial charge < -0.3 is 10.1 Å². The third-order valence-corrected chi connectivity index (χ3v) is 3.57. The standard InChI is InChI=1S/C13H18ClNO/c1-9-5-6-11(14)13(16-2)12(9)10-4-3-7-15-8-10/h5-6,10,15H,3-4,7-8H2,1-2H3. The first-order chi connectivity index (χ1) is 7.74. The second-order valence-electron chi connectivity index (χ2n) is 4.35. The van der Waals surface area contributed by atoms with Gasteiger partial charge in [0.05, 0.1) is 12.1 Å². The number of hydrogen-bond donors (Lipinski definition) is 1. The SMILES string of the molecule is COc1c(Cl)ccc(C)c1C1CCCNC1. The average Bonchev–Trinajstić information content (AvgIpc) is 2.33. The molecule has 1 aliphatic heterocycles. The second kappa shape index (κ2) is 5.07. The summed E-state index contributed by atoms with van der Waals surface area (Å²) in [7, 11) is 1.69. The molecule has 0 spiro atoms. The monoisotopic (exact) mass is 239 g/mol. The second-order valence-corrected chi connectivity index (χ2v) is 4.76. The maximum absolute atomic E-state index is 6.18. The van der Waals surface area contributed by atoms with Gasteiger partial charge in [0.15, 0.2) is 0 Å². The summed E-state index contributed by atoms with van der Waals surface area (Å²) in [5.74, 6) is 1.39. The van der Waals surface area contributed by atoms with Crippen molar-refractivity contribution in [2.45, 2.75) is 25.7 Å². The molecule has 0 aromatic heterocycles. The molecule has 1 unspecified atom stereocenters. The van der Waals surface area contributed by atoms with E-state index < -0.39 is 0 Å². The predicted molar refractivity (Wildman–Crippen MR) is 67.6 cm³/mol. The van der Waals surface area contributed by atoms with Crippen molar-refractivity contribution in [1.82, 2.24) is 5.32 Å². The number of benzene rings is 1. The Morgan fingerprint density at radius 3 is 2.88 bits per heavy atom. The van der Waals surface area contributed by atoms with E-state index in [9.17, 15) is 0 Å². The smallest absolute Gasteiger partial charge is 0.141 e. The maximum Gasteiger partial charge on any atom is 0.141 e. The van der Waals surface area contributed by atoms with E-state index in [1.54, 1.807) is 7.11 Å². The van der Waals surface area contributed by atoms with E-state index in [2.05, 4.69) is 18.3 Å². The van der Waals surface area contributed by atoms with Gasteiger partial charge in [-0.05, 0) is 37.9 Å². The first-order valence-electron chi connectivity index (χ1n) is 5.77. The topological polar surface area (TPSA) is 21.3 Å². The van der Waals surface area contributed by atoms with Crippen LogP contribution in [-0.4, -0.2) is 20.2 Å². The maximum atomic E-state index is 6.18. The van der Waals surface area contributed by atoms with Crippen molar-refractivity contribution in [3.8, 4) is 5.75 Å². The summed E-state index contributed by atoms with van der Waals surface area (Å²) < 4.78 is 5.45. The van der Waals surface area contributed by atoms with Crippen molar-refractivity contribution in [1.29, 1.82) is 0 Å². The van der Waals surface area contributed by atoms with Crippen LogP contribution >= 0.6 is 11.6 Å². The molecule has 1 aliphatic rings. The summed E-state index contributed by atoms with van der Waals surface area (Å²) in [5, 5.41) is 4.15. The van der Waals surface area contributed by atoms with Crippen molar-refractivity contribution in [3.63, 3.8) is 0 Å². The van der Waals surface area contributed by atoms with E-state index in [1.165, 1.54) is 24.0 Å². The average molecular weight is 240 g/mol. The molecule has 0 saturated carbocycles. The first-order valence-corrected chi connectivity index (χ1v) is 6.15. The Morgan fingerprint density at radius 2 is 2.25 bits per heavy atom. The van der Waals surface area contributed by atoms with Gasteiger partial charge in [0.1, 0.15) is 5.75 Å². The number of hydrogen-bond acceptors (Lipinski definition) is 2. The zero-order valence-corrected chi connectivity index (χ0v) is 10.6. The van der Waals surface area contributed by atoms with Gasteiger partial charge in [0.25, 0.3) is 0 Å². The number of methoxy groups -OCH3 is 1. The number of piperidine rings is 1. The fourth-order valence-corrected chi connectivity index (χ4v) is 2.73. The van der Waals surface area contributed by atoms with E-state index in [4.69, 9.17) is 16.3 Å². The molecule has 1 aromatic rings. The lowest BCUT2D eigenvalue weighted by molar-refractivity contribution is 0.391. The lowest BCUT2D eigenvalue weighted by Gasteiger charge is -2.26. The number of halogens is 1. The van der Waals surface area contributed by atoms with Crippen LogP contribution in [0.1, 0.15) is 29.9 Å². The third kappa shape index (κ3) is 2.18. The minimum absolute atomic E-state index is 0.530. The fraction of sp³-hybridized carbons (Fsp3) is 0.538. The number of aryl methyl sites for hydroxylation is 1. The lowest BCUT2D eigenvalue weighted by Crippen LogP contribution is -2.29. The Hall–Kier alpha value is -0.730. The molecule has 1 heterocycles. The van der Waals surface area contributed by atoms with Crippen LogP contribution in [0.25, 0.3) is 0 Å². The minimum atomic E-state index is 0.530. The highest BCUT2D eigenvalue weighted by Gasteiger charge is 2.22. The highest BCUT2D eigenvalue weighted by atomic mass is 35.5. The van der Waals surface area contributed by atoms with Gasteiger partial charge >= 0.3 is 0 Å². The van der Waals surface area contributed by atoms with Crippen molar-refractivity contribution < 1.29 is 4.74 Å². The van der Waals surface area contributed by atoms with Crippen LogP contribution in [0.15, 0.2) is 12.1 Å². The molecule has 16 heavy (non-hydrogen) atoms. The molecule has 2 nitrogen and oxygen atoms in total. The van der Waals surface area contributed by atoms with Gasteiger partial charge in [0, 0.05) is 18.0 Å². The molecular weight excluding hydrogens is 222 g/mol. The van der Waals surface area contributed by atoms with Crippen LogP contribution in [0, 0.1) is 6.92 Å². The van der Waals surface area contributed by atoms with Crippen LogP contribution in [0.2, 0.25) is 5.02 Å². The zero-order chi connectivity index (χ0) is 11.5. The van der Waals surface area contributed by atoms with Crippen molar-refractivity contribution in [2.75, 3.05) is 20.2 Å². The minimum Gasteiger partial charge on any atom is -0.495 e. The van der Waals surface area contributed by atoms with Crippen LogP contribution < -0.4 is 10.1 Å². The molecule has 0 radical (unpaired) electrons. The Kier molecular flexibility index (Phi) is 3.72. The predicted octanol–water partition coefficient (Wildman–Crippen LogP) is 3.12. The largest absolute Gasteiger partial charge is 0.495 e. The van der Waals surface area contributed by atoms with E-state index in [1.807, 2.05) is 6.07 Å². The van der Waals surface area contributed by atoms with Crippen molar-refractivity contribution in [2.24, 2.45) is 0 Å².